The molecule has 0 aliphatic rings. The number of anilines is 1. The zero-order chi connectivity index (χ0) is 20.2. The smallest absolute Gasteiger partial charge is 0.269 e. The third-order valence-electron chi connectivity index (χ3n) is 4.27. The van der Waals surface area contributed by atoms with Gasteiger partial charge in [-0.05, 0) is 37.6 Å². The van der Waals surface area contributed by atoms with E-state index >= 15 is 0 Å². The largest absolute Gasteiger partial charge is 0.297 e. The molecule has 8 heteroatoms. The van der Waals surface area contributed by atoms with Crippen molar-refractivity contribution in [3.8, 4) is 21.8 Å². The van der Waals surface area contributed by atoms with Gasteiger partial charge in [-0.2, -0.15) is 0 Å². The zero-order valence-electron chi connectivity index (χ0n) is 16.0. The number of nitrogens with zero attached hydrogens (tertiary/aromatic N) is 4. The average molecular weight is 422 g/mol. The van der Waals surface area contributed by atoms with Crippen LogP contribution in [-0.4, -0.2) is 25.8 Å². The fourth-order valence-electron chi connectivity index (χ4n) is 2.87. The van der Waals surface area contributed by atoms with E-state index in [1.54, 1.807) is 18.6 Å². The second-order valence-corrected chi connectivity index (χ2v) is 8.30. The van der Waals surface area contributed by atoms with Gasteiger partial charge in [0.05, 0.1) is 11.4 Å². The fraction of sp³-hybridized carbons (Fsp3) is 0.190. The summed E-state index contributed by atoms with van der Waals surface area (Å²) in [4.78, 5) is 30.9. The van der Waals surface area contributed by atoms with E-state index < -0.39 is 0 Å². The van der Waals surface area contributed by atoms with Gasteiger partial charge in [-0.1, -0.05) is 13.3 Å². The van der Waals surface area contributed by atoms with E-state index in [2.05, 4.69) is 32.2 Å². The van der Waals surface area contributed by atoms with Gasteiger partial charge in [0.1, 0.15) is 9.88 Å². The van der Waals surface area contributed by atoms with Gasteiger partial charge in [0.15, 0.2) is 5.13 Å². The second-order valence-electron chi connectivity index (χ2n) is 6.45. The van der Waals surface area contributed by atoms with Gasteiger partial charge in [-0.15, -0.1) is 22.7 Å². The summed E-state index contributed by atoms with van der Waals surface area (Å²) in [6, 6.07) is 7.76. The lowest BCUT2D eigenvalue weighted by molar-refractivity contribution is 0.103. The number of hydrogen-bond acceptors (Lipinski definition) is 7. The molecule has 0 radical (unpaired) electrons. The Hall–Kier alpha value is -2.97. The van der Waals surface area contributed by atoms with Gasteiger partial charge in [0.2, 0.25) is 0 Å². The number of aryl methyl sites for hydroxylation is 2. The normalized spacial score (nSPS) is 10.8. The van der Waals surface area contributed by atoms with Crippen LogP contribution < -0.4 is 5.32 Å². The van der Waals surface area contributed by atoms with Gasteiger partial charge < -0.3 is 0 Å². The van der Waals surface area contributed by atoms with Crippen molar-refractivity contribution in [3.63, 3.8) is 0 Å². The Morgan fingerprint density at radius 3 is 2.69 bits per heavy atom. The maximum Gasteiger partial charge on any atom is 0.269 e. The van der Waals surface area contributed by atoms with Crippen LogP contribution in [0.3, 0.4) is 0 Å². The Balaban J connectivity index is 1.53. The number of carbonyl (C=O) groups is 1. The first-order valence-corrected chi connectivity index (χ1v) is 10.9. The van der Waals surface area contributed by atoms with E-state index in [9.17, 15) is 4.79 Å². The highest BCUT2D eigenvalue weighted by molar-refractivity contribution is 7.17. The molecule has 4 aromatic heterocycles. The lowest BCUT2D eigenvalue weighted by Gasteiger charge is -2.00. The molecule has 0 aliphatic carbocycles. The first kappa shape index (κ1) is 19.4. The number of pyridine rings is 2. The molecule has 0 saturated heterocycles. The molecule has 4 rings (SSSR count). The Morgan fingerprint density at radius 2 is 1.90 bits per heavy atom. The molecule has 4 aromatic rings. The topological polar surface area (TPSA) is 80.7 Å². The maximum atomic E-state index is 12.8. The standard InChI is InChI=1S/C21H19N5OS2/c1-3-4-16-11-15(7-10-23-16)20-24-13(2)18(29-20)19(27)26-21-25-17(12-28-21)14-5-8-22-9-6-14/h5-12H,3-4H2,1-2H3,(H,25,26,27). The van der Waals surface area contributed by atoms with Crippen LogP contribution in [0.5, 0.6) is 0 Å². The molecule has 0 bridgehead atoms. The molecular formula is C21H19N5OS2. The molecule has 29 heavy (non-hydrogen) atoms. The van der Waals surface area contributed by atoms with Crippen molar-refractivity contribution in [1.82, 2.24) is 19.9 Å². The van der Waals surface area contributed by atoms with Crippen molar-refractivity contribution in [3.05, 3.63) is 64.5 Å². The van der Waals surface area contributed by atoms with Gasteiger partial charge in [0.25, 0.3) is 5.91 Å². The lowest BCUT2D eigenvalue weighted by atomic mass is 10.2. The predicted molar refractivity (Wildman–Crippen MR) is 117 cm³/mol. The lowest BCUT2D eigenvalue weighted by Crippen LogP contribution is -2.11. The molecule has 0 unspecified atom stereocenters. The summed E-state index contributed by atoms with van der Waals surface area (Å²) < 4.78 is 0. The third kappa shape index (κ3) is 4.38. The summed E-state index contributed by atoms with van der Waals surface area (Å²) >= 11 is 2.78. The predicted octanol–water partition coefficient (Wildman–Crippen LogP) is 5.24. The summed E-state index contributed by atoms with van der Waals surface area (Å²) in [5, 5.41) is 6.20. The molecule has 0 spiro atoms. The molecule has 0 saturated carbocycles. The first-order chi connectivity index (χ1) is 14.1. The van der Waals surface area contributed by atoms with Crippen molar-refractivity contribution in [2.45, 2.75) is 26.7 Å². The van der Waals surface area contributed by atoms with Crippen LogP contribution in [0.2, 0.25) is 0 Å². The minimum Gasteiger partial charge on any atom is -0.297 e. The van der Waals surface area contributed by atoms with E-state index in [0.717, 1.165) is 40.4 Å². The number of hydrogen-bond donors (Lipinski definition) is 1. The SMILES string of the molecule is CCCc1cc(-c2nc(C)c(C(=O)Nc3nc(-c4ccncc4)cs3)s2)ccn1. The van der Waals surface area contributed by atoms with E-state index in [1.807, 2.05) is 36.6 Å². The minimum absolute atomic E-state index is 0.190. The van der Waals surface area contributed by atoms with Crippen LogP contribution in [0.1, 0.15) is 34.4 Å². The second kappa shape index (κ2) is 8.59. The average Bonchev–Trinajstić information content (AvgIpc) is 3.36. The molecule has 146 valence electrons. The van der Waals surface area contributed by atoms with E-state index in [4.69, 9.17) is 0 Å². The number of thiazole rings is 2. The summed E-state index contributed by atoms with van der Waals surface area (Å²) in [5.41, 5.74) is 4.52. The number of rotatable bonds is 6. The van der Waals surface area contributed by atoms with E-state index in [1.165, 1.54) is 22.7 Å². The highest BCUT2D eigenvalue weighted by Crippen LogP contribution is 2.30. The maximum absolute atomic E-state index is 12.8. The highest BCUT2D eigenvalue weighted by atomic mass is 32.1. The Morgan fingerprint density at radius 1 is 1.10 bits per heavy atom. The molecule has 1 N–H and O–H groups in total. The van der Waals surface area contributed by atoms with Gasteiger partial charge >= 0.3 is 0 Å². The minimum atomic E-state index is -0.190. The van der Waals surface area contributed by atoms with Gasteiger partial charge in [0, 0.05) is 40.8 Å². The van der Waals surface area contributed by atoms with Crippen molar-refractivity contribution >= 4 is 33.7 Å². The van der Waals surface area contributed by atoms with Crippen LogP contribution in [0.15, 0.2) is 48.2 Å². The van der Waals surface area contributed by atoms with Crippen molar-refractivity contribution in [2.24, 2.45) is 0 Å². The number of nitrogens with one attached hydrogen (secondary N) is 1. The number of aromatic nitrogens is 4. The molecule has 4 heterocycles. The van der Waals surface area contributed by atoms with Crippen molar-refractivity contribution in [2.75, 3.05) is 5.32 Å². The van der Waals surface area contributed by atoms with Crippen LogP contribution in [-0.2, 0) is 6.42 Å². The number of carbonyl (C=O) groups excluding carboxylic acids is 1. The fourth-order valence-corrected chi connectivity index (χ4v) is 4.55. The van der Waals surface area contributed by atoms with Crippen LogP contribution in [0.25, 0.3) is 21.8 Å². The summed E-state index contributed by atoms with van der Waals surface area (Å²) in [6.07, 6.45) is 7.21. The summed E-state index contributed by atoms with van der Waals surface area (Å²) in [7, 11) is 0. The monoisotopic (exact) mass is 421 g/mol. The zero-order valence-corrected chi connectivity index (χ0v) is 17.7. The Labute approximate surface area is 176 Å². The van der Waals surface area contributed by atoms with Crippen LogP contribution in [0, 0.1) is 6.92 Å². The molecular weight excluding hydrogens is 402 g/mol. The number of amides is 1. The summed E-state index contributed by atoms with van der Waals surface area (Å²) in [6.45, 7) is 3.98. The Bertz CT molecular complexity index is 1140. The molecule has 0 fully saturated rings. The van der Waals surface area contributed by atoms with E-state index in [-0.39, 0.29) is 5.91 Å². The third-order valence-corrected chi connectivity index (χ3v) is 6.24. The molecule has 0 aromatic carbocycles. The van der Waals surface area contributed by atoms with Crippen molar-refractivity contribution in [1.29, 1.82) is 0 Å². The molecule has 0 aliphatic heterocycles. The van der Waals surface area contributed by atoms with Crippen LogP contribution in [0.4, 0.5) is 5.13 Å². The molecule has 0 atom stereocenters. The van der Waals surface area contributed by atoms with Crippen LogP contribution >= 0.6 is 22.7 Å². The first-order valence-electron chi connectivity index (χ1n) is 9.24. The Kier molecular flexibility index (Phi) is 5.73. The van der Waals surface area contributed by atoms with E-state index in [0.29, 0.717) is 15.7 Å². The summed E-state index contributed by atoms with van der Waals surface area (Å²) in [5.74, 6) is -0.190. The molecule has 1 amide bonds. The highest BCUT2D eigenvalue weighted by Gasteiger charge is 2.18. The molecule has 6 nitrogen and oxygen atoms in total. The quantitative estimate of drug-likeness (QED) is 0.461. The van der Waals surface area contributed by atoms with Crippen molar-refractivity contribution < 1.29 is 4.79 Å². The van der Waals surface area contributed by atoms with Gasteiger partial charge in [-0.25, -0.2) is 9.97 Å². The van der Waals surface area contributed by atoms with Gasteiger partial charge in [-0.3, -0.25) is 20.1 Å².